The molecular weight excluding hydrogens is 469 g/mol. The number of hydrogen-bond acceptors (Lipinski definition) is 7. The van der Waals surface area contributed by atoms with Gasteiger partial charge in [0.25, 0.3) is 0 Å². The van der Waals surface area contributed by atoms with Crippen LogP contribution >= 0.6 is 0 Å². The Morgan fingerprint density at radius 2 is 1.92 bits per heavy atom. The molecule has 11 heteroatoms. The Kier molecular flexibility index (Phi) is 7.08. The van der Waals surface area contributed by atoms with Crippen LogP contribution in [0.15, 0.2) is 22.7 Å². The van der Waals surface area contributed by atoms with Crippen molar-refractivity contribution in [2.45, 2.75) is 44.1 Å². The number of nitrogens with zero attached hydrogens (tertiary/aromatic N) is 5. The molecule has 4 heterocycles. The van der Waals surface area contributed by atoms with Gasteiger partial charge >= 0.3 is 12.1 Å². The van der Waals surface area contributed by atoms with Gasteiger partial charge in [-0.2, -0.15) is 0 Å². The van der Waals surface area contributed by atoms with E-state index in [1.54, 1.807) is 15.9 Å². The van der Waals surface area contributed by atoms with Gasteiger partial charge in [-0.1, -0.05) is 5.16 Å². The number of ether oxygens (including phenoxy) is 1. The van der Waals surface area contributed by atoms with Crippen LogP contribution in [0.2, 0.25) is 0 Å². The highest BCUT2D eigenvalue weighted by Gasteiger charge is 2.42. The molecule has 3 aliphatic heterocycles. The largest absolute Gasteiger partial charge is 0.453 e. The van der Waals surface area contributed by atoms with Crippen LogP contribution in [-0.4, -0.2) is 102 Å². The van der Waals surface area contributed by atoms with Gasteiger partial charge in [-0.3, -0.25) is 9.69 Å². The lowest BCUT2D eigenvalue weighted by atomic mass is 9.91. The van der Waals surface area contributed by atoms with Crippen molar-refractivity contribution in [1.82, 2.24) is 24.8 Å². The third kappa shape index (κ3) is 4.88. The maximum atomic E-state index is 13.4. The number of likely N-dealkylation sites (tertiary alicyclic amines) is 1. The van der Waals surface area contributed by atoms with Crippen LogP contribution in [-0.2, 0) is 9.53 Å². The zero-order valence-corrected chi connectivity index (χ0v) is 20.5. The number of carbonyl (C=O) groups excluding carboxylic acids is 3. The second-order valence-corrected chi connectivity index (χ2v) is 9.83. The summed E-state index contributed by atoms with van der Waals surface area (Å²) in [5.41, 5.74) is 1.41. The van der Waals surface area contributed by atoms with E-state index in [4.69, 9.17) is 9.26 Å². The Morgan fingerprint density at radius 3 is 2.69 bits per heavy atom. The fraction of sp³-hybridized carbons (Fsp3) is 0.600. The lowest BCUT2D eigenvalue weighted by Crippen LogP contribution is -2.64. The molecule has 0 bridgehead atoms. The lowest BCUT2D eigenvalue weighted by Gasteiger charge is -2.45. The minimum absolute atomic E-state index is 0.173. The summed E-state index contributed by atoms with van der Waals surface area (Å²) in [5, 5.41) is 5.10. The Labute approximate surface area is 208 Å². The molecule has 194 valence electrons. The molecule has 4 amide bonds. The van der Waals surface area contributed by atoms with Crippen LogP contribution in [0.4, 0.5) is 14.0 Å². The molecule has 1 aromatic heterocycles. The Balaban J connectivity index is 1.05. The van der Waals surface area contributed by atoms with Crippen molar-refractivity contribution >= 4 is 29.0 Å². The topological polar surface area (TPSA) is 99.4 Å². The second-order valence-electron chi connectivity index (χ2n) is 9.83. The maximum Gasteiger partial charge on any atom is 0.409 e. The van der Waals surface area contributed by atoms with E-state index < -0.39 is 6.09 Å². The zero-order chi connectivity index (χ0) is 25.2. The molecule has 0 aliphatic carbocycles. The predicted octanol–water partition coefficient (Wildman–Crippen LogP) is 3.03. The normalized spacial score (nSPS) is 21.8. The summed E-state index contributed by atoms with van der Waals surface area (Å²) in [6, 6.07) is 4.03. The average Bonchev–Trinajstić information content (AvgIpc) is 3.30. The molecule has 3 fully saturated rings. The van der Waals surface area contributed by atoms with Crippen LogP contribution < -0.4 is 0 Å². The smallest absolute Gasteiger partial charge is 0.409 e. The number of methoxy groups -OCH3 is 1. The minimum atomic E-state index is -0.425. The number of fused-ring (bicyclic) bond motifs is 2. The highest BCUT2D eigenvalue weighted by atomic mass is 19.1. The van der Waals surface area contributed by atoms with Gasteiger partial charge < -0.3 is 24.0 Å². The fourth-order valence-electron chi connectivity index (χ4n) is 5.63. The van der Waals surface area contributed by atoms with E-state index >= 15 is 0 Å². The first kappa shape index (κ1) is 24.5. The van der Waals surface area contributed by atoms with Crippen molar-refractivity contribution in [3.63, 3.8) is 0 Å². The van der Waals surface area contributed by atoms with E-state index in [9.17, 15) is 18.8 Å². The molecule has 36 heavy (non-hydrogen) atoms. The molecule has 3 aliphatic rings. The van der Waals surface area contributed by atoms with Gasteiger partial charge in [-0.25, -0.2) is 14.0 Å². The van der Waals surface area contributed by atoms with Crippen molar-refractivity contribution in [3.8, 4) is 0 Å². The van der Waals surface area contributed by atoms with Crippen molar-refractivity contribution < 1.29 is 28.0 Å². The average molecular weight is 502 g/mol. The summed E-state index contributed by atoms with van der Waals surface area (Å²) in [4.78, 5) is 44.4. The molecule has 5 rings (SSSR count). The van der Waals surface area contributed by atoms with Crippen LogP contribution in [0.3, 0.4) is 0 Å². The van der Waals surface area contributed by atoms with Gasteiger partial charge in [-0.05, 0) is 57.5 Å². The minimum Gasteiger partial charge on any atom is -0.453 e. The third-order valence-corrected chi connectivity index (χ3v) is 7.65. The highest BCUT2D eigenvalue weighted by molar-refractivity contribution is 5.97. The highest BCUT2D eigenvalue weighted by Crippen LogP contribution is 2.33. The first-order valence-corrected chi connectivity index (χ1v) is 12.7. The van der Waals surface area contributed by atoms with Crippen molar-refractivity contribution in [2.24, 2.45) is 0 Å². The third-order valence-electron chi connectivity index (χ3n) is 7.65. The van der Waals surface area contributed by atoms with Gasteiger partial charge in [0.1, 0.15) is 5.82 Å². The van der Waals surface area contributed by atoms with Crippen molar-refractivity contribution in [1.29, 1.82) is 0 Å². The van der Waals surface area contributed by atoms with E-state index in [1.807, 2.05) is 0 Å². The molecule has 10 nitrogen and oxygen atoms in total. The molecule has 0 N–H and O–H groups in total. The molecule has 2 aromatic rings. The fourth-order valence-corrected chi connectivity index (χ4v) is 5.63. The summed E-state index contributed by atoms with van der Waals surface area (Å²) in [6.45, 7) is 4.35. The molecule has 1 atom stereocenters. The van der Waals surface area contributed by atoms with Gasteiger partial charge in [0.15, 0.2) is 5.58 Å². The zero-order valence-electron chi connectivity index (χ0n) is 20.5. The summed E-state index contributed by atoms with van der Waals surface area (Å²) in [5.74, 6) is -0.202. The SMILES string of the molecule is COC(=O)N1CCN2C(=O)N(CCCCN3CCC(c4noc5cc(F)ccc45)CC3)C(=O)C[C@@H]2C1. The van der Waals surface area contributed by atoms with Gasteiger partial charge in [0, 0.05) is 50.0 Å². The number of benzene rings is 1. The van der Waals surface area contributed by atoms with Gasteiger partial charge in [0.2, 0.25) is 5.91 Å². The number of halogens is 1. The number of aromatic nitrogens is 1. The summed E-state index contributed by atoms with van der Waals surface area (Å²) < 4.78 is 23.5. The van der Waals surface area contributed by atoms with Crippen LogP contribution in [0.1, 0.15) is 43.7 Å². The van der Waals surface area contributed by atoms with E-state index in [2.05, 4.69) is 10.1 Å². The van der Waals surface area contributed by atoms with E-state index in [1.165, 1.54) is 24.1 Å². The summed E-state index contributed by atoms with van der Waals surface area (Å²) in [6.07, 6.45) is 3.38. The first-order valence-electron chi connectivity index (χ1n) is 12.7. The van der Waals surface area contributed by atoms with Crippen LogP contribution in [0, 0.1) is 5.82 Å². The molecule has 0 unspecified atom stereocenters. The summed E-state index contributed by atoms with van der Waals surface area (Å²) in [7, 11) is 1.33. The Morgan fingerprint density at radius 1 is 1.14 bits per heavy atom. The first-order chi connectivity index (χ1) is 17.4. The molecule has 0 saturated carbocycles. The summed E-state index contributed by atoms with van der Waals surface area (Å²) >= 11 is 0. The number of hydrogen-bond donors (Lipinski definition) is 0. The number of rotatable bonds is 6. The van der Waals surface area contributed by atoms with Crippen LogP contribution in [0.25, 0.3) is 11.0 Å². The molecule has 0 radical (unpaired) electrons. The number of piperazine rings is 1. The number of urea groups is 1. The Bertz CT molecular complexity index is 1130. The molecule has 3 saturated heterocycles. The van der Waals surface area contributed by atoms with Crippen LogP contribution in [0.5, 0.6) is 0 Å². The van der Waals surface area contributed by atoms with Gasteiger partial charge in [0.05, 0.1) is 18.8 Å². The molecular formula is C25H32FN5O5. The number of imide groups is 1. The van der Waals surface area contributed by atoms with E-state index in [0.29, 0.717) is 37.7 Å². The number of unbranched alkanes of at least 4 members (excludes halogenated alkanes) is 1. The predicted molar refractivity (Wildman–Crippen MR) is 128 cm³/mol. The molecule has 1 aromatic carbocycles. The number of carbonyl (C=O) groups is 3. The maximum absolute atomic E-state index is 13.4. The van der Waals surface area contributed by atoms with Crippen molar-refractivity contribution in [2.75, 3.05) is 52.9 Å². The van der Waals surface area contributed by atoms with E-state index in [-0.39, 0.29) is 30.2 Å². The number of amides is 4. The lowest BCUT2D eigenvalue weighted by molar-refractivity contribution is -0.133. The number of piperidine rings is 1. The standard InChI is InChI=1S/C25H32FN5O5/c1-35-25(34)29-12-13-30-19(16-29)15-22(32)31(24(30)33)9-3-2-8-28-10-6-17(7-11-28)23-20-5-4-18(26)14-21(20)36-27-23/h4-5,14,17,19H,2-3,6-13,15-16H2,1H3/t19-/m1/s1. The Hall–Kier alpha value is -3.21. The van der Waals surface area contributed by atoms with E-state index in [0.717, 1.165) is 56.4 Å². The monoisotopic (exact) mass is 501 g/mol. The van der Waals surface area contributed by atoms with Crippen molar-refractivity contribution in [3.05, 3.63) is 29.7 Å². The van der Waals surface area contributed by atoms with Gasteiger partial charge in [-0.15, -0.1) is 0 Å². The molecule has 0 spiro atoms. The second kappa shape index (κ2) is 10.4. The quantitative estimate of drug-likeness (QED) is 0.561.